The van der Waals surface area contributed by atoms with Crippen LogP contribution in [0.2, 0.25) is 0 Å². The van der Waals surface area contributed by atoms with Crippen molar-refractivity contribution in [2.75, 3.05) is 11.5 Å². The zero-order valence-corrected chi connectivity index (χ0v) is 11.7. The largest absolute Gasteiger partial charge is 0.273 e. The fraction of sp³-hybridized carbons (Fsp3) is 0.692. The van der Waals surface area contributed by atoms with E-state index in [0.29, 0.717) is 6.42 Å². The van der Waals surface area contributed by atoms with E-state index in [1.54, 1.807) is 0 Å². The van der Waals surface area contributed by atoms with Gasteiger partial charge in [-0.3, -0.25) is 9.59 Å². The second kappa shape index (κ2) is 3.92. The van der Waals surface area contributed by atoms with Crippen molar-refractivity contribution in [2.24, 2.45) is 23.7 Å². The molecule has 0 radical (unpaired) electrons. The lowest BCUT2D eigenvalue weighted by Gasteiger charge is -2.21. The molecular weight excluding hydrogens is 280 g/mol. The minimum atomic E-state index is -3.02. The lowest BCUT2D eigenvalue weighted by atomic mass is 9.85. The third kappa shape index (κ3) is 1.62. The predicted octanol–water partition coefficient (Wildman–Crippen LogP) is -0.515. The summed E-state index contributed by atoms with van der Waals surface area (Å²) >= 11 is 0. The molecule has 3 fully saturated rings. The van der Waals surface area contributed by atoms with Crippen LogP contribution in [0.15, 0.2) is 12.2 Å². The van der Waals surface area contributed by atoms with E-state index in [9.17, 15) is 18.0 Å². The summed E-state index contributed by atoms with van der Waals surface area (Å²) in [5.74, 6) is -0.333. The Morgan fingerprint density at radius 1 is 1.10 bits per heavy atom. The lowest BCUT2D eigenvalue weighted by Crippen LogP contribution is -2.49. The Hall–Kier alpha value is -1.21. The number of fused-ring (bicyclic) bond motifs is 5. The molecule has 0 spiro atoms. The van der Waals surface area contributed by atoms with Crippen LogP contribution in [0.1, 0.15) is 12.8 Å². The highest BCUT2D eigenvalue weighted by atomic mass is 32.2. The molecule has 0 aromatic heterocycles. The van der Waals surface area contributed by atoms with Crippen molar-refractivity contribution in [1.29, 1.82) is 0 Å². The molecule has 20 heavy (non-hydrogen) atoms. The molecule has 2 amide bonds. The van der Waals surface area contributed by atoms with Gasteiger partial charge in [0.05, 0.1) is 23.3 Å². The standard InChI is InChI=1S/C13H16N2O4S/c16-12-10-7-1-2-8(5-7)11(10)13(17)15(12)14-9-3-4-20(18,19)6-9/h1-2,7-11,14H,3-6H2/t7-,8-,9+,10+,11+/m0/s1. The summed E-state index contributed by atoms with van der Waals surface area (Å²) in [7, 11) is -3.02. The maximum absolute atomic E-state index is 12.4. The van der Waals surface area contributed by atoms with E-state index in [2.05, 4.69) is 5.43 Å². The SMILES string of the molecule is O=C1[C@H]2[C@H](C(=O)N1N[C@@H]1CCS(=O)(=O)C1)[C@H]1C=C[C@H]2C1. The Balaban J connectivity index is 1.54. The van der Waals surface area contributed by atoms with E-state index in [4.69, 9.17) is 0 Å². The maximum Gasteiger partial charge on any atom is 0.248 e. The summed E-state index contributed by atoms with van der Waals surface area (Å²) in [6.07, 6.45) is 5.44. The molecule has 0 aromatic carbocycles. The minimum Gasteiger partial charge on any atom is -0.273 e. The molecular formula is C13H16N2O4S. The molecule has 4 aliphatic rings. The first-order chi connectivity index (χ1) is 9.46. The van der Waals surface area contributed by atoms with E-state index >= 15 is 0 Å². The van der Waals surface area contributed by atoms with Gasteiger partial charge in [-0.2, -0.15) is 0 Å². The molecule has 1 N–H and O–H groups in total. The highest BCUT2D eigenvalue weighted by Gasteiger charge is 2.59. The zero-order chi connectivity index (χ0) is 14.1. The molecule has 4 rings (SSSR count). The fourth-order valence-electron chi connectivity index (χ4n) is 4.11. The average Bonchev–Trinajstić information content (AvgIpc) is 3.10. The molecule has 2 saturated heterocycles. The van der Waals surface area contributed by atoms with Crippen molar-refractivity contribution in [3.63, 3.8) is 0 Å². The summed E-state index contributed by atoms with van der Waals surface area (Å²) < 4.78 is 22.9. The first-order valence-corrected chi connectivity index (χ1v) is 8.81. The Morgan fingerprint density at radius 3 is 2.20 bits per heavy atom. The predicted molar refractivity (Wildman–Crippen MR) is 69.8 cm³/mol. The number of rotatable bonds is 2. The van der Waals surface area contributed by atoms with Crippen LogP contribution < -0.4 is 5.43 Å². The number of nitrogens with one attached hydrogen (secondary N) is 1. The number of amides is 2. The first-order valence-electron chi connectivity index (χ1n) is 6.99. The van der Waals surface area contributed by atoms with E-state index in [0.717, 1.165) is 11.4 Å². The van der Waals surface area contributed by atoms with Crippen molar-refractivity contribution >= 4 is 21.7 Å². The lowest BCUT2D eigenvalue weighted by molar-refractivity contribution is -0.145. The van der Waals surface area contributed by atoms with Gasteiger partial charge in [0.15, 0.2) is 9.84 Å². The van der Waals surface area contributed by atoms with Gasteiger partial charge in [0, 0.05) is 6.04 Å². The normalized spacial score (nSPS) is 44.6. The van der Waals surface area contributed by atoms with Gasteiger partial charge in [0.1, 0.15) is 0 Å². The number of carbonyl (C=O) groups excluding carboxylic acids is 2. The van der Waals surface area contributed by atoms with E-state index in [-0.39, 0.29) is 53.0 Å². The summed E-state index contributed by atoms with van der Waals surface area (Å²) in [5.41, 5.74) is 2.86. The van der Waals surface area contributed by atoms with Crippen molar-refractivity contribution in [2.45, 2.75) is 18.9 Å². The monoisotopic (exact) mass is 296 g/mol. The van der Waals surface area contributed by atoms with Crippen LogP contribution in [0.25, 0.3) is 0 Å². The van der Waals surface area contributed by atoms with E-state index in [1.165, 1.54) is 0 Å². The van der Waals surface area contributed by atoms with Gasteiger partial charge >= 0.3 is 0 Å². The van der Waals surface area contributed by atoms with Crippen LogP contribution in [-0.4, -0.2) is 42.8 Å². The van der Waals surface area contributed by atoms with Crippen LogP contribution >= 0.6 is 0 Å². The highest BCUT2D eigenvalue weighted by Crippen LogP contribution is 2.52. The van der Waals surface area contributed by atoms with Gasteiger partial charge < -0.3 is 0 Å². The van der Waals surface area contributed by atoms with Crippen LogP contribution in [0.5, 0.6) is 0 Å². The first kappa shape index (κ1) is 12.5. The zero-order valence-electron chi connectivity index (χ0n) is 10.9. The van der Waals surface area contributed by atoms with E-state index in [1.807, 2.05) is 12.2 Å². The van der Waals surface area contributed by atoms with Gasteiger partial charge in [-0.15, -0.1) is 0 Å². The number of hydrogen-bond donors (Lipinski definition) is 1. The molecule has 0 aromatic rings. The molecule has 6 nitrogen and oxygen atoms in total. The van der Waals surface area contributed by atoms with Crippen LogP contribution in [0.4, 0.5) is 0 Å². The van der Waals surface area contributed by atoms with Gasteiger partial charge in [0.25, 0.3) is 0 Å². The van der Waals surface area contributed by atoms with Gasteiger partial charge in [-0.05, 0) is 24.7 Å². The average molecular weight is 296 g/mol. The molecule has 108 valence electrons. The van der Waals surface area contributed by atoms with Crippen LogP contribution in [0.3, 0.4) is 0 Å². The van der Waals surface area contributed by atoms with Crippen molar-refractivity contribution < 1.29 is 18.0 Å². The summed E-state index contributed by atoms with van der Waals surface area (Å²) in [6.45, 7) is 0. The van der Waals surface area contributed by atoms with Crippen LogP contribution in [0, 0.1) is 23.7 Å². The number of nitrogens with zero attached hydrogens (tertiary/aromatic N) is 1. The topological polar surface area (TPSA) is 83.6 Å². The molecule has 2 heterocycles. The molecule has 0 unspecified atom stereocenters. The summed E-state index contributed by atoms with van der Waals surface area (Å²) in [6, 6.07) is -0.322. The Morgan fingerprint density at radius 2 is 1.70 bits per heavy atom. The molecule has 7 heteroatoms. The van der Waals surface area contributed by atoms with Crippen molar-refractivity contribution in [1.82, 2.24) is 10.4 Å². The second-order valence-electron chi connectivity index (χ2n) is 6.24. The Kier molecular flexibility index (Phi) is 2.45. The fourth-order valence-corrected chi connectivity index (χ4v) is 5.77. The third-order valence-corrected chi connectivity index (χ3v) is 6.78. The van der Waals surface area contributed by atoms with Gasteiger partial charge in [-0.25, -0.2) is 18.9 Å². The summed E-state index contributed by atoms with van der Waals surface area (Å²) in [4.78, 5) is 24.8. The minimum absolute atomic E-state index is 0.00446. The summed E-state index contributed by atoms with van der Waals surface area (Å²) in [5, 5.41) is 1.10. The Labute approximate surface area is 117 Å². The molecule has 5 atom stereocenters. The smallest absolute Gasteiger partial charge is 0.248 e. The molecule has 2 bridgehead atoms. The Bertz CT molecular complexity index is 596. The number of hydrazine groups is 1. The molecule has 2 aliphatic heterocycles. The molecule has 1 saturated carbocycles. The van der Waals surface area contributed by atoms with Crippen molar-refractivity contribution in [3.05, 3.63) is 12.2 Å². The van der Waals surface area contributed by atoms with Crippen LogP contribution in [-0.2, 0) is 19.4 Å². The van der Waals surface area contributed by atoms with Crippen molar-refractivity contribution in [3.8, 4) is 0 Å². The van der Waals surface area contributed by atoms with Gasteiger partial charge in [-0.1, -0.05) is 12.2 Å². The number of sulfone groups is 1. The molecule has 2 aliphatic carbocycles. The quantitative estimate of drug-likeness (QED) is 0.548. The highest BCUT2D eigenvalue weighted by molar-refractivity contribution is 7.91. The number of allylic oxidation sites excluding steroid dienone is 2. The number of hydrogen-bond acceptors (Lipinski definition) is 5. The number of imide groups is 1. The van der Waals surface area contributed by atoms with Gasteiger partial charge in [0.2, 0.25) is 11.8 Å². The number of carbonyl (C=O) groups is 2. The van der Waals surface area contributed by atoms with E-state index < -0.39 is 9.84 Å². The third-order valence-electron chi connectivity index (χ3n) is 5.01. The second-order valence-corrected chi connectivity index (χ2v) is 8.47. The maximum atomic E-state index is 12.4.